The van der Waals surface area contributed by atoms with Crippen LogP contribution in [0.25, 0.3) is 0 Å². The quantitative estimate of drug-likeness (QED) is 0.201. The second-order valence-corrected chi connectivity index (χ2v) is 10.2. The molecule has 0 fully saturated rings. The van der Waals surface area contributed by atoms with Crippen LogP contribution in [0.4, 0.5) is 0 Å². The summed E-state index contributed by atoms with van der Waals surface area (Å²) in [6, 6.07) is 8.26. The summed E-state index contributed by atoms with van der Waals surface area (Å²) < 4.78 is 11.5. The van der Waals surface area contributed by atoms with E-state index in [0.717, 1.165) is 5.56 Å². The molecule has 2 aromatic rings. The zero-order chi connectivity index (χ0) is 26.0. The third kappa shape index (κ3) is 9.28. The maximum atomic E-state index is 13.1. The minimum atomic E-state index is -0.942. The topological polar surface area (TPSA) is 93.7 Å². The Morgan fingerprint density at radius 3 is 2.40 bits per heavy atom. The highest BCUT2D eigenvalue weighted by Crippen LogP contribution is 2.37. The first-order valence-corrected chi connectivity index (χ1v) is 13.2. The lowest BCUT2D eigenvalue weighted by Gasteiger charge is -2.23. The maximum absolute atomic E-state index is 13.1. The Labute approximate surface area is 220 Å². The van der Waals surface area contributed by atoms with Crippen LogP contribution in [0.5, 0.6) is 17.2 Å². The van der Waals surface area contributed by atoms with E-state index in [-0.39, 0.29) is 17.4 Å². The fourth-order valence-electron chi connectivity index (χ4n) is 3.20. The number of carbonyl (C=O) groups is 3. The number of hydrogen-bond acceptors (Lipinski definition) is 6. The van der Waals surface area contributed by atoms with Gasteiger partial charge in [-0.15, -0.1) is 0 Å². The summed E-state index contributed by atoms with van der Waals surface area (Å²) in [4.78, 5) is 36.9. The third-order valence-corrected chi connectivity index (χ3v) is 6.10. The maximum Gasteiger partial charge on any atom is 0.334 e. The average Bonchev–Trinajstić information content (AvgIpc) is 2.79. The Kier molecular flexibility index (Phi) is 11.7. The molecular weight excluding hydrogens is 511 g/mol. The van der Waals surface area contributed by atoms with E-state index < -0.39 is 24.0 Å². The predicted octanol–water partition coefficient (Wildman–Crippen LogP) is 5.40. The Hall–Kier alpha value is -2.42. The molecular formula is C25H30Cl2N2O5S. The van der Waals surface area contributed by atoms with Crippen LogP contribution in [-0.2, 0) is 14.4 Å². The standard InChI is InChI=1S/C25H30Cl2N2O5S/c1-15(2)11-20(29-24(31)19(28-14-30)9-10-35-4)25(32)34-23-13-17(26)6-8-22(23)33-21-7-5-16(3)12-18(21)27/h5-8,12-15,19-20H,9-11H2,1-4H3,(H,28,30)(H,29,31). The molecule has 2 aromatic carbocycles. The number of aryl methyl sites for hydroxylation is 1. The van der Waals surface area contributed by atoms with Crippen LogP contribution in [-0.4, -0.2) is 42.4 Å². The monoisotopic (exact) mass is 540 g/mol. The lowest BCUT2D eigenvalue weighted by Crippen LogP contribution is -2.51. The van der Waals surface area contributed by atoms with Gasteiger partial charge in [0.15, 0.2) is 11.5 Å². The number of hydrogen-bond donors (Lipinski definition) is 2. The highest BCUT2D eigenvalue weighted by Gasteiger charge is 2.28. The molecule has 0 aliphatic rings. The van der Waals surface area contributed by atoms with Gasteiger partial charge in [0.2, 0.25) is 12.3 Å². The van der Waals surface area contributed by atoms with Gasteiger partial charge >= 0.3 is 5.97 Å². The number of nitrogens with one attached hydrogen (secondary N) is 2. The fraction of sp³-hybridized carbons (Fsp3) is 0.400. The lowest BCUT2D eigenvalue weighted by molar-refractivity contribution is -0.140. The molecule has 2 atom stereocenters. The number of halogens is 2. The number of amides is 2. The lowest BCUT2D eigenvalue weighted by atomic mass is 10.0. The van der Waals surface area contributed by atoms with Crippen molar-refractivity contribution in [3.8, 4) is 17.2 Å². The molecule has 0 aromatic heterocycles. The Balaban J connectivity index is 2.24. The van der Waals surface area contributed by atoms with E-state index in [1.54, 1.807) is 36.0 Å². The van der Waals surface area contributed by atoms with Crippen molar-refractivity contribution in [1.29, 1.82) is 0 Å². The van der Waals surface area contributed by atoms with Crippen molar-refractivity contribution in [3.05, 3.63) is 52.0 Å². The highest BCUT2D eigenvalue weighted by molar-refractivity contribution is 7.98. The molecule has 190 valence electrons. The molecule has 2 amide bonds. The molecule has 0 heterocycles. The van der Waals surface area contributed by atoms with Crippen molar-refractivity contribution in [1.82, 2.24) is 10.6 Å². The van der Waals surface area contributed by atoms with Gasteiger partial charge in [-0.3, -0.25) is 9.59 Å². The molecule has 0 spiro atoms. The number of carbonyl (C=O) groups excluding carboxylic acids is 3. The van der Waals surface area contributed by atoms with E-state index in [9.17, 15) is 14.4 Å². The first-order valence-electron chi connectivity index (χ1n) is 11.1. The Morgan fingerprint density at radius 1 is 1.06 bits per heavy atom. The zero-order valence-electron chi connectivity index (χ0n) is 20.1. The van der Waals surface area contributed by atoms with Crippen LogP contribution in [0.3, 0.4) is 0 Å². The molecule has 2 rings (SSSR count). The van der Waals surface area contributed by atoms with Gasteiger partial charge < -0.3 is 20.1 Å². The summed E-state index contributed by atoms with van der Waals surface area (Å²) in [6.07, 6.45) is 3.15. The minimum absolute atomic E-state index is 0.0815. The fourth-order valence-corrected chi connectivity index (χ4v) is 4.11. The zero-order valence-corrected chi connectivity index (χ0v) is 22.4. The van der Waals surface area contributed by atoms with Gasteiger partial charge in [-0.1, -0.05) is 43.1 Å². The van der Waals surface area contributed by atoms with Crippen LogP contribution in [0.1, 0.15) is 32.3 Å². The van der Waals surface area contributed by atoms with Gasteiger partial charge in [0.05, 0.1) is 5.02 Å². The van der Waals surface area contributed by atoms with E-state index in [2.05, 4.69) is 10.6 Å². The molecule has 2 unspecified atom stereocenters. The van der Waals surface area contributed by atoms with E-state index in [4.69, 9.17) is 32.7 Å². The molecule has 35 heavy (non-hydrogen) atoms. The van der Waals surface area contributed by atoms with Crippen molar-refractivity contribution in [2.45, 2.75) is 45.7 Å². The first-order chi connectivity index (χ1) is 16.6. The van der Waals surface area contributed by atoms with Gasteiger partial charge in [0.25, 0.3) is 0 Å². The molecule has 7 nitrogen and oxygen atoms in total. The van der Waals surface area contributed by atoms with Crippen LogP contribution < -0.4 is 20.1 Å². The molecule has 0 saturated carbocycles. The van der Waals surface area contributed by atoms with Crippen LogP contribution in [0, 0.1) is 12.8 Å². The number of benzene rings is 2. The van der Waals surface area contributed by atoms with Crippen LogP contribution in [0.15, 0.2) is 36.4 Å². The molecule has 10 heteroatoms. The highest BCUT2D eigenvalue weighted by atomic mass is 35.5. The van der Waals surface area contributed by atoms with E-state index in [0.29, 0.717) is 40.8 Å². The minimum Gasteiger partial charge on any atom is -0.452 e. The summed E-state index contributed by atoms with van der Waals surface area (Å²) in [5.41, 5.74) is 0.970. The summed E-state index contributed by atoms with van der Waals surface area (Å²) in [6.45, 7) is 5.76. The summed E-state index contributed by atoms with van der Waals surface area (Å²) >= 11 is 14.0. The van der Waals surface area contributed by atoms with Gasteiger partial charge in [0.1, 0.15) is 17.8 Å². The van der Waals surface area contributed by atoms with Gasteiger partial charge in [-0.2, -0.15) is 11.8 Å². The second-order valence-electron chi connectivity index (χ2n) is 8.36. The third-order valence-electron chi connectivity index (χ3n) is 4.93. The molecule has 0 aliphatic carbocycles. The second kappa shape index (κ2) is 14.2. The Morgan fingerprint density at radius 2 is 1.77 bits per heavy atom. The van der Waals surface area contributed by atoms with Crippen molar-refractivity contribution in [2.24, 2.45) is 5.92 Å². The SMILES string of the molecule is CSCCC(NC=O)C(=O)NC(CC(C)C)C(=O)Oc1cc(Cl)ccc1Oc1ccc(C)cc1Cl. The van der Waals surface area contributed by atoms with Crippen molar-refractivity contribution in [2.75, 3.05) is 12.0 Å². The van der Waals surface area contributed by atoms with Gasteiger partial charge in [0, 0.05) is 11.1 Å². The molecule has 0 aliphatic heterocycles. The van der Waals surface area contributed by atoms with E-state index in [1.165, 1.54) is 6.07 Å². The molecule has 2 N–H and O–H groups in total. The predicted molar refractivity (Wildman–Crippen MR) is 141 cm³/mol. The average molecular weight is 541 g/mol. The van der Waals surface area contributed by atoms with E-state index in [1.807, 2.05) is 33.1 Å². The summed E-state index contributed by atoms with van der Waals surface area (Å²) in [7, 11) is 0. The van der Waals surface area contributed by atoms with Gasteiger partial charge in [-0.25, -0.2) is 4.79 Å². The molecule has 0 radical (unpaired) electrons. The first kappa shape index (κ1) is 28.8. The summed E-state index contributed by atoms with van der Waals surface area (Å²) in [5.74, 6) is 0.337. The largest absolute Gasteiger partial charge is 0.452 e. The molecule has 0 saturated heterocycles. The van der Waals surface area contributed by atoms with Crippen LogP contribution >= 0.6 is 35.0 Å². The molecule has 0 bridgehead atoms. The van der Waals surface area contributed by atoms with Crippen molar-refractivity contribution in [3.63, 3.8) is 0 Å². The number of esters is 1. The number of thioether (sulfide) groups is 1. The number of rotatable bonds is 13. The number of ether oxygens (including phenoxy) is 2. The normalized spacial score (nSPS) is 12.5. The Bertz CT molecular complexity index is 1030. The van der Waals surface area contributed by atoms with E-state index >= 15 is 0 Å². The summed E-state index contributed by atoms with van der Waals surface area (Å²) in [5, 5.41) is 5.98. The smallest absolute Gasteiger partial charge is 0.334 e. The van der Waals surface area contributed by atoms with Crippen LogP contribution in [0.2, 0.25) is 10.0 Å². The van der Waals surface area contributed by atoms with Gasteiger partial charge in [-0.05, 0) is 67.5 Å². The van der Waals surface area contributed by atoms with Crippen molar-refractivity contribution < 1.29 is 23.9 Å². The van der Waals surface area contributed by atoms with Crippen molar-refractivity contribution >= 4 is 53.3 Å².